The Hall–Kier alpha value is -3.93. The van der Waals surface area contributed by atoms with Crippen molar-refractivity contribution in [3.8, 4) is 33.8 Å². The largest absolute Gasteiger partial charge is 0.496 e. The number of nitrogens with zero attached hydrogens (tertiary/aromatic N) is 4. The lowest BCUT2D eigenvalue weighted by atomic mass is 9.86. The van der Waals surface area contributed by atoms with Crippen LogP contribution in [0.4, 0.5) is 0 Å². The first-order valence-corrected chi connectivity index (χ1v) is 17.1. The fraction of sp³-hybridized carbons (Fsp3) is 0.312. The number of halogens is 2. The molecule has 2 aromatic heterocycles. The summed E-state index contributed by atoms with van der Waals surface area (Å²) in [5, 5.41) is 5.22. The van der Waals surface area contributed by atoms with Gasteiger partial charge >= 0.3 is 0 Å². The first-order valence-electron chi connectivity index (χ1n) is 14.4. The highest BCUT2D eigenvalue weighted by Crippen LogP contribution is 2.43. The number of pyridine rings is 1. The van der Waals surface area contributed by atoms with E-state index in [9.17, 15) is 18.0 Å². The minimum Gasteiger partial charge on any atom is -0.496 e. The molecular weight excluding hydrogens is 637 g/mol. The van der Waals surface area contributed by atoms with Crippen LogP contribution in [0.15, 0.2) is 48.8 Å². The van der Waals surface area contributed by atoms with Gasteiger partial charge in [0.25, 0.3) is 5.91 Å². The highest BCUT2D eigenvalue weighted by Gasteiger charge is 2.37. The maximum atomic E-state index is 14.2. The molecule has 1 aliphatic heterocycles. The van der Waals surface area contributed by atoms with E-state index in [4.69, 9.17) is 38.8 Å². The molecular formula is C32H31Cl2N5O5S. The smallest absolute Gasteiger partial charge is 0.274 e. The maximum absolute atomic E-state index is 14.2. The minimum atomic E-state index is -3.22. The van der Waals surface area contributed by atoms with Crippen LogP contribution >= 0.6 is 23.2 Å². The average Bonchev–Trinajstić information content (AvgIpc) is 3.39. The highest BCUT2D eigenvalue weighted by molar-refractivity contribution is 7.91. The van der Waals surface area contributed by atoms with Crippen molar-refractivity contribution in [2.45, 2.75) is 43.9 Å². The number of hydrogen-bond donors (Lipinski definition) is 1. The Morgan fingerprint density at radius 3 is 2.40 bits per heavy atom. The summed E-state index contributed by atoms with van der Waals surface area (Å²) in [5.74, 6) is -0.262. The number of piperidine rings is 1. The third-order valence-electron chi connectivity index (χ3n) is 8.63. The van der Waals surface area contributed by atoms with Gasteiger partial charge in [0, 0.05) is 63.5 Å². The molecule has 2 unspecified atom stereocenters. The van der Waals surface area contributed by atoms with Crippen LogP contribution in [-0.2, 0) is 22.7 Å². The molecule has 4 aromatic rings. The topological polar surface area (TPSA) is 137 Å². The average molecular weight is 669 g/mol. The molecule has 6 rings (SSSR count). The number of aryl methyl sites for hydroxylation is 1. The van der Waals surface area contributed by atoms with E-state index in [1.54, 1.807) is 47.2 Å². The number of aromatic nitrogens is 3. The Bertz CT molecular complexity index is 1960. The van der Waals surface area contributed by atoms with Gasteiger partial charge in [-0.25, -0.2) is 13.1 Å². The van der Waals surface area contributed by atoms with E-state index in [-0.39, 0.29) is 17.5 Å². The van der Waals surface area contributed by atoms with Crippen molar-refractivity contribution in [1.82, 2.24) is 19.7 Å². The van der Waals surface area contributed by atoms with Gasteiger partial charge in [-0.3, -0.25) is 14.6 Å². The minimum absolute atomic E-state index is 0.256. The molecule has 45 heavy (non-hydrogen) atoms. The number of rotatable bonds is 6. The summed E-state index contributed by atoms with van der Waals surface area (Å²) >= 11 is 12.8. The molecule has 0 radical (unpaired) electrons. The number of carbonyl (C=O) groups is 2. The number of ether oxygens (including phenoxy) is 1. The Kier molecular flexibility index (Phi) is 8.13. The molecule has 2 amide bonds. The van der Waals surface area contributed by atoms with Crippen molar-refractivity contribution in [3.05, 3.63) is 81.2 Å². The van der Waals surface area contributed by atoms with Crippen molar-refractivity contribution >= 4 is 44.9 Å². The van der Waals surface area contributed by atoms with Crippen LogP contribution in [0.1, 0.15) is 51.7 Å². The van der Waals surface area contributed by atoms with Gasteiger partial charge < -0.3 is 15.4 Å². The van der Waals surface area contributed by atoms with Gasteiger partial charge in [-0.1, -0.05) is 23.2 Å². The lowest BCUT2D eigenvalue weighted by Crippen LogP contribution is -2.48. The molecule has 2 atom stereocenters. The second-order valence-corrected chi connectivity index (χ2v) is 14.8. The molecule has 1 fully saturated rings. The van der Waals surface area contributed by atoms with Gasteiger partial charge in [-0.05, 0) is 74.6 Å². The highest BCUT2D eigenvalue weighted by atomic mass is 35.5. The Balaban J connectivity index is 1.53. The summed E-state index contributed by atoms with van der Waals surface area (Å²) in [6.07, 6.45) is 6.17. The standard InChI is InChI=1S/C32H31Cl2N5O5S/c1-17-8-24(45(3,42)43)6-7-38(17)32(41)29-25-5-4-18-10-28(44-2)26(19-9-20(31(35)40)16-36-15-19)14-27(18)30(25)39(37-29)23-12-21(33)11-22(34)13-23/h9-17,24H,4-8H2,1-3H3,(H2,35,40). The van der Waals surface area contributed by atoms with Gasteiger partial charge in [0.1, 0.15) is 15.6 Å². The fourth-order valence-corrected chi connectivity index (χ4v) is 8.04. The van der Waals surface area contributed by atoms with Crippen molar-refractivity contribution in [3.63, 3.8) is 0 Å². The van der Waals surface area contributed by atoms with E-state index in [1.807, 2.05) is 19.1 Å². The quantitative estimate of drug-likeness (QED) is 0.300. The molecule has 0 spiro atoms. The number of benzene rings is 2. The number of primary amides is 1. The molecule has 0 saturated carbocycles. The van der Waals surface area contributed by atoms with Gasteiger partial charge in [0.05, 0.1) is 29.3 Å². The SMILES string of the molecule is COc1cc2c(cc1-c1cncc(C(N)=O)c1)-c1c(c(C(=O)N3CCC(S(C)(=O)=O)CC3C)nn1-c1cc(Cl)cc(Cl)c1)CC2. The number of hydrogen-bond acceptors (Lipinski definition) is 7. The van der Waals surface area contributed by atoms with E-state index in [2.05, 4.69) is 4.98 Å². The Labute approximate surface area is 271 Å². The van der Waals surface area contributed by atoms with E-state index in [1.165, 1.54) is 12.5 Å². The second kappa shape index (κ2) is 11.8. The van der Waals surface area contributed by atoms with Crippen molar-refractivity contribution in [2.24, 2.45) is 5.73 Å². The first kappa shape index (κ1) is 31.1. The summed E-state index contributed by atoms with van der Waals surface area (Å²) < 4.78 is 32.0. The van der Waals surface area contributed by atoms with Crippen molar-refractivity contribution < 1.29 is 22.7 Å². The van der Waals surface area contributed by atoms with Crippen LogP contribution in [0.5, 0.6) is 5.75 Å². The Morgan fingerprint density at radius 1 is 1.02 bits per heavy atom. The predicted molar refractivity (Wildman–Crippen MR) is 173 cm³/mol. The van der Waals surface area contributed by atoms with Gasteiger partial charge in [0.2, 0.25) is 5.91 Å². The molecule has 2 aliphatic rings. The molecule has 1 saturated heterocycles. The molecule has 0 bridgehead atoms. The second-order valence-electron chi connectivity index (χ2n) is 11.6. The number of fused-ring (bicyclic) bond motifs is 3. The predicted octanol–water partition coefficient (Wildman–Crippen LogP) is 5.15. The molecule has 234 valence electrons. The molecule has 1 aliphatic carbocycles. The first-order chi connectivity index (χ1) is 21.3. The fourth-order valence-electron chi connectivity index (χ4n) is 6.36. The molecule has 2 N–H and O–H groups in total. The summed E-state index contributed by atoms with van der Waals surface area (Å²) in [6.45, 7) is 2.18. The van der Waals surface area contributed by atoms with Gasteiger partial charge in [-0.2, -0.15) is 5.10 Å². The number of methoxy groups -OCH3 is 1. The molecule has 10 nitrogen and oxygen atoms in total. The van der Waals surface area contributed by atoms with Crippen LogP contribution in [0.25, 0.3) is 28.1 Å². The van der Waals surface area contributed by atoms with E-state index < -0.39 is 21.0 Å². The zero-order chi connectivity index (χ0) is 32.2. The van der Waals surface area contributed by atoms with Crippen LogP contribution in [-0.4, -0.2) is 71.1 Å². The molecule has 2 aromatic carbocycles. The number of carbonyl (C=O) groups excluding carboxylic acids is 2. The van der Waals surface area contributed by atoms with E-state index >= 15 is 0 Å². The van der Waals surface area contributed by atoms with Crippen LogP contribution < -0.4 is 10.5 Å². The lowest BCUT2D eigenvalue weighted by Gasteiger charge is -2.36. The maximum Gasteiger partial charge on any atom is 0.274 e. The van der Waals surface area contributed by atoms with E-state index in [0.717, 1.165) is 16.7 Å². The Morgan fingerprint density at radius 2 is 1.76 bits per heavy atom. The number of amides is 2. The van der Waals surface area contributed by atoms with Crippen molar-refractivity contribution in [1.29, 1.82) is 0 Å². The molecule has 13 heteroatoms. The normalized spacial score (nSPS) is 17.8. The number of nitrogens with two attached hydrogens (primary N) is 1. The monoisotopic (exact) mass is 667 g/mol. The zero-order valence-electron chi connectivity index (χ0n) is 24.9. The third-order valence-corrected chi connectivity index (χ3v) is 10.7. The summed E-state index contributed by atoms with van der Waals surface area (Å²) in [4.78, 5) is 32.1. The number of sulfone groups is 1. The van der Waals surface area contributed by atoms with E-state index in [0.29, 0.717) is 76.2 Å². The zero-order valence-corrected chi connectivity index (χ0v) is 27.2. The lowest BCUT2D eigenvalue weighted by molar-refractivity contribution is 0.0630. The van der Waals surface area contributed by atoms with Crippen molar-refractivity contribution in [2.75, 3.05) is 19.9 Å². The summed E-state index contributed by atoms with van der Waals surface area (Å²) in [7, 11) is -1.65. The van der Waals surface area contributed by atoms with Crippen LogP contribution in [0.3, 0.4) is 0 Å². The summed E-state index contributed by atoms with van der Waals surface area (Å²) in [6, 6.07) is 10.4. The third kappa shape index (κ3) is 5.80. The van der Waals surface area contributed by atoms with Gasteiger partial charge in [-0.15, -0.1) is 0 Å². The summed E-state index contributed by atoms with van der Waals surface area (Å²) in [5.41, 5.74) is 11.3. The number of likely N-dealkylation sites (tertiary alicyclic amines) is 1. The van der Waals surface area contributed by atoms with Crippen LogP contribution in [0.2, 0.25) is 10.0 Å². The van der Waals surface area contributed by atoms with Crippen LogP contribution in [0, 0.1) is 0 Å². The van der Waals surface area contributed by atoms with Gasteiger partial charge in [0.15, 0.2) is 5.69 Å². The molecule has 3 heterocycles.